The number of carbonyl (C=O) groups is 1. The van der Waals surface area contributed by atoms with Gasteiger partial charge in [0.2, 0.25) is 0 Å². The maximum absolute atomic E-state index is 12.1. The van der Waals surface area contributed by atoms with Crippen molar-refractivity contribution in [2.24, 2.45) is 0 Å². The molecule has 2 aromatic heterocycles. The summed E-state index contributed by atoms with van der Waals surface area (Å²) in [7, 11) is 0. The number of nitrogens with zero attached hydrogens (tertiary/aromatic N) is 5. The Kier molecular flexibility index (Phi) is 5.36. The van der Waals surface area contributed by atoms with Gasteiger partial charge in [0.1, 0.15) is 23.8 Å². The lowest BCUT2D eigenvalue weighted by molar-refractivity contribution is -0.384. The monoisotopic (exact) mass is 367 g/mol. The van der Waals surface area contributed by atoms with Crippen LogP contribution in [0.2, 0.25) is 0 Å². The molecule has 0 bridgehead atoms. The topological polar surface area (TPSA) is 128 Å². The Morgan fingerprint density at radius 1 is 1.22 bits per heavy atom. The number of imidazole rings is 1. The summed E-state index contributed by atoms with van der Waals surface area (Å²) in [6, 6.07) is 7.36. The van der Waals surface area contributed by atoms with Crippen LogP contribution >= 0.6 is 0 Å². The summed E-state index contributed by atoms with van der Waals surface area (Å²) in [5.41, 5.74) is 0.119. The minimum Gasteiger partial charge on any atom is -0.368 e. The zero-order chi connectivity index (χ0) is 19.2. The van der Waals surface area contributed by atoms with Crippen molar-refractivity contribution in [1.82, 2.24) is 24.8 Å². The lowest BCUT2D eigenvalue weighted by Gasteiger charge is -2.09. The van der Waals surface area contributed by atoms with E-state index in [1.54, 1.807) is 18.5 Å². The fourth-order valence-corrected chi connectivity index (χ4v) is 2.42. The molecule has 0 aliphatic carbocycles. The minimum atomic E-state index is -0.535. The van der Waals surface area contributed by atoms with Gasteiger partial charge in [0.05, 0.1) is 4.92 Å². The second-order valence-electron chi connectivity index (χ2n) is 5.60. The normalized spacial score (nSPS) is 10.4. The number of nitro benzene ring substituents is 1. The molecule has 0 saturated carbocycles. The van der Waals surface area contributed by atoms with Gasteiger partial charge in [-0.1, -0.05) is 6.07 Å². The van der Waals surface area contributed by atoms with Gasteiger partial charge in [-0.2, -0.15) is 0 Å². The first-order valence-corrected chi connectivity index (χ1v) is 8.13. The number of hydrogen-bond donors (Lipinski definition) is 2. The summed E-state index contributed by atoms with van der Waals surface area (Å²) in [6.45, 7) is 2.63. The van der Waals surface area contributed by atoms with Crippen LogP contribution in [0.3, 0.4) is 0 Å². The molecule has 0 spiro atoms. The van der Waals surface area contributed by atoms with E-state index in [0.29, 0.717) is 24.7 Å². The molecule has 0 radical (unpaired) electrons. The molecule has 0 aliphatic heterocycles. The molecule has 0 atom stereocenters. The molecule has 1 amide bonds. The fraction of sp³-hybridized carbons (Fsp3) is 0.176. The molecule has 2 N–H and O–H groups in total. The molecular formula is C17H17N7O3. The third kappa shape index (κ3) is 4.42. The molecule has 0 unspecified atom stereocenters. The molecule has 10 heteroatoms. The number of aryl methyl sites for hydroxylation is 1. The first-order valence-electron chi connectivity index (χ1n) is 8.13. The number of anilines is 1. The molecule has 3 rings (SSSR count). The minimum absolute atomic E-state index is 0.121. The third-order valence-electron chi connectivity index (χ3n) is 3.76. The Labute approximate surface area is 154 Å². The Hall–Kier alpha value is -3.82. The van der Waals surface area contributed by atoms with E-state index in [-0.39, 0.29) is 17.2 Å². The van der Waals surface area contributed by atoms with Crippen molar-refractivity contribution < 1.29 is 9.72 Å². The summed E-state index contributed by atoms with van der Waals surface area (Å²) in [6.07, 6.45) is 4.94. The Morgan fingerprint density at radius 2 is 2.07 bits per heavy atom. The summed E-state index contributed by atoms with van der Waals surface area (Å²) < 4.78 is 1.83. The molecule has 1 aromatic carbocycles. The van der Waals surface area contributed by atoms with Gasteiger partial charge < -0.3 is 10.6 Å². The van der Waals surface area contributed by atoms with E-state index < -0.39 is 4.92 Å². The smallest absolute Gasteiger partial charge is 0.270 e. The van der Waals surface area contributed by atoms with Gasteiger partial charge in [0.25, 0.3) is 11.6 Å². The highest BCUT2D eigenvalue weighted by molar-refractivity contribution is 5.94. The lowest BCUT2D eigenvalue weighted by atomic mass is 10.2. The van der Waals surface area contributed by atoms with Crippen LogP contribution < -0.4 is 10.6 Å². The number of amides is 1. The lowest BCUT2D eigenvalue weighted by Crippen LogP contribution is -2.28. The molecule has 0 saturated heterocycles. The highest BCUT2D eigenvalue weighted by atomic mass is 16.6. The van der Waals surface area contributed by atoms with E-state index in [4.69, 9.17) is 0 Å². The third-order valence-corrected chi connectivity index (χ3v) is 3.76. The molecule has 3 aromatic rings. The highest BCUT2D eigenvalue weighted by Gasteiger charge is 2.11. The Balaban J connectivity index is 1.53. The van der Waals surface area contributed by atoms with E-state index in [2.05, 4.69) is 25.6 Å². The second kappa shape index (κ2) is 8.04. The van der Waals surface area contributed by atoms with Crippen molar-refractivity contribution in [2.75, 3.05) is 18.4 Å². The van der Waals surface area contributed by atoms with Gasteiger partial charge in [-0.05, 0) is 13.0 Å². The zero-order valence-electron chi connectivity index (χ0n) is 14.5. The van der Waals surface area contributed by atoms with E-state index >= 15 is 0 Å². The largest absolute Gasteiger partial charge is 0.368 e. The van der Waals surface area contributed by atoms with E-state index in [1.165, 1.54) is 30.6 Å². The van der Waals surface area contributed by atoms with Gasteiger partial charge in [0, 0.05) is 49.2 Å². The Morgan fingerprint density at radius 3 is 2.81 bits per heavy atom. The molecule has 10 nitrogen and oxygen atoms in total. The maximum Gasteiger partial charge on any atom is 0.270 e. The average Bonchev–Trinajstić information content (AvgIpc) is 3.11. The van der Waals surface area contributed by atoms with Crippen LogP contribution in [0.15, 0.2) is 49.1 Å². The maximum atomic E-state index is 12.1. The van der Waals surface area contributed by atoms with Crippen LogP contribution in [0.1, 0.15) is 16.2 Å². The van der Waals surface area contributed by atoms with Gasteiger partial charge in [0.15, 0.2) is 0 Å². The van der Waals surface area contributed by atoms with Crippen molar-refractivity contribution in [3.05, 3.63) is 70.6 Å². The van der Waals surface area contributed by atoms with Gasteiger partial charge in [-0.15, -0.1) is 0 Å². The number of aromatic nitrogens is 4. The molecule has 0 fully saturated rings. The number of rotatable bonds is 7. The van der Waals surface area contributed by atoms with Crippen molar-refractivity contribution in [3.8, 4) is 5.82 Å². The second-order valence-corrected chi connectivity index (χ2v) is 5.60. The van der Waals surface area contributed by atoms with Crippen LogP contribution in [0.4, 0.5) is 11.5 Å². The standard InChI is InChI=1S/C17H17N7O3/c1-12-18-7-8-23(12)16-10-15(21-11-22-16)19-5-6-20-17(25)13-3-2-4-14(9-13)24(26)27/h2-4,7-11H,5-6H2,1H3,(H,20,25)(H,19,21,22). The number of carbonyl (C=O) groups excluding carboxylic acids is 1. The van der Waals surface area contributed by atoms with Crippen LogP contribution in [0, 0.1) is 17.0 Å². The summed E-state index contributed by atoms with van der Waals surface area (Å²) >= 11 is 0. The fourth-order valence-electron chi connectivity index (χ4n) is 2.42. The van der Waals surface area contributed by atoms with Crippen LogP contribution in [-0.4, -0.2) is 43.4 Å². The SMILES string of the molecule is Cc1nccn1-c1cc(NCCNC(=O)c2cccc([N+](=O)[O-])c2)ncn1. The molecule has 138 valence electrons. The molecule has 2 heterocycles. The zero-order valence-corrected chi connectivity index (χ0v) is 14.5. The van der Waals surface area contributed by atoms with Gasteiger partial charge >= 0.3 is 0 Å². The van der Waals surface area contributed by atoms with E-state index in [1.807, 2.05) is 11.5 Å². The predicted molar refractivity (Wildman–Crippen MR) is 97.8 cm³/mol. The Bertz CT molecular complexity index is 970. The van der Waals surface area contributed by atoms with Crippen molar-refractivity contribution in [3.63, 3.8) is 0 Å². The molecule has 27 heavy (non-hydrogen) atoms. The first-order chi connectivity index (χ1) is 13.0. The number of hydrogen-bond acceptors (Lipinski definition) is 7. The van der Waals surface area contributed by atoms with Crippen LogP contribution in [0.5, 0.6) is 0 Å². The van der Waals surface area contributed by atoms with E-state index in [9.17, 15) is 14.9 Å². The average molecular weight is 367 g/mol. The molecular weight excluding hydrogens is 350 g/mol. The highest BCUT2D eigenvalue weighted by Crippen LogP contribution is 2.13. The summed E-state index contributed by atoms with van der Waals surface area (Å²) in [5.74, 6) is 1.72. The van der Waals surface area contributed by atoms with Gasteiger partial charge in [-0.3, -0.25) is 19.5 Å². The number of nitro groups is 1. The van der Waals surface area contributed by atoms with Crippen molar-refractivity contribution >= 4 is 17.4 Å². The van der Waals surface area contributed by atoms with Gasteiger partial charge in [-0.25, -0.2) is 15.0 Å². The summed E-state index contributed by atoms with van der Waals surface area (Å²) in [5, 5.41) is 16.6. The number of nitrogens with one attached hydrogen (secondary N) is 2. The first kappa shape index (κ1) is 18.0. The van der Waals surface area contributed by atoms with Crippen molar-refractivity contribution in [2.45, 2.75) is 6.92 Å². The van der Waals surface area contributed by atoms with Crippen molar-refractivity contribution in [1.29, 1.82) is 0 Å². The van der Waals surface area contributed by atoms with Crippen LogP contribution in [0.25, 0.3) is 5.82 Å². The number of benzene rings is 1. The van der Waals surface area contributed by atoms with E-state index in [0.717, 1.165) is 5.82 Å². The quantitative estimate of drug-likeness (QED) is 0.370. The molecule has 0 aliphatic rings. The number of non-ortho nitro benzene ring substituents is 1. The summed E-state index contributed by atoms with van der Waals surface area (Å²) in [4.78, 5) is 34.8. The van der Waals surface area contributed by atoms with Crippen LogP contribution in [-0.2, 0) is 0 Å². The predicted octanol–water partition coefficient (Wildman–Crippen LogP) is 1.72.